The number of esters is 1. The molecule has 0 aliphatic heterocycles. The van der Waals surface area contributed by atoms with Gasteiger partial charge < -0.3 is 9.47 Å². The van der Waals surface area contributed by atoms with E-state index < -0.39 is 47.2 Å². The summed E-state index contributed by atoms with van der Waals surface area (Å²) in [6.07, 6.45) is -7.91. The van der Waals surface area contributed by atoms with Crippen LogP contribution in [0.2, 0.25) is 0 Å². The zero-order valence-corrected chi connectivity index (χ0v) is 11.3. The molecule has 1 aromatic heterocycles. The minimum absolute atomic E-state index is 0.0502. The average molecular weight is 334 g/mol. The molecule has 0 spiro atoms. The smallest absolute Gasteiger partial charge is 0.462 e. The lowest BCUT2D eigenvalue weighted by Gasteiger charge is -2.16. The summed E-state index contributed by atoms with van der Waals surface area (Å²) in [7, 11) is 0. The number of carbonyl (C=O) groups is 1. The predicted octanol–water partition coefficient (Wildman–Crippen LogP) is 3.83. The van der Waals surface area contributed by atoms with Crippen LogP contribution < -0.4 is 4.74 Å². The Morgan fingerprint density at radius 3 is 2.48 bits per heavy atom. The number of aromatic nitrogens is 1. The number of hydrogen-bond acceptors (Lipinski definition) is 4. The van der Waals surface area contributed by atoms with Crippen molar-refractivity contribution in [3.63, 3.8) is 0 Å². The van der Waals surface area contributed by atoms with Crippen LogP contribution in [0.4, 0.5) is 22.0 Å². The van der Waals surface area contributed by atoms with Gasteiger partial charge in [-0.15, -0.1) is 24.8 Å². The predicted molar refractivity (Wildman–Crippen MR) is 61.4 cm³/mol. The lowest BCUT2D eigenvalue weighted by atomic mass is 10.1. The van der Waals surface area contributed by atoms with Gasteiger partial charge in [0.1, 0.15) is 0 Å². The number of halogens is 6. The van der Waals surface area contributed by atoms with Crippen LogP contribution in [0.15, 0.2) is 6.20 Å². The Morgan fingerprint density at radius 2 is 2.05 bits per heavy atom. The molecule has 0 radical (unpaired) electrons. The van der Waals surface area contributed by atoms with Gasteiger partial charge in [-0.25, -0.2) is 18.6 Å². The van der Waals surface area contributed by atoms with Crippen LogP contribution in [0.25, 0.3) is 0 Å². The maximum Gasteiger partial charge on any atom is 0.574 e. The largest absolute Gasteiger partial charge is 0.574 e. The number of ether oxygens (including phenoxy) is 2. The van der Waals surface area contributed by atoms with Gasteiger partial charge in [-0.3, -0.25) is 0 Å². The third-order valence-corrected chi connectivity index (χ3v) is 2.52. The fourth-order valence-corrected chi connectivity index (χ4v) is 1.78. The molecular weight excluding hydrogens is 325 g/mol. The van der Waals surface area contributed by atoms with Gasteiger partial charge in [0.05, 0.1) is 17.7 Å². The molecule has 0 aliphatic rings. The van der Waals surface area contributed by atoms with E-state index in [2.05, 4.69) is 14.5 Å². The molecule has 10 heteroatoms. The van der Waals surface area contributed by atoms with Crippen molar-refractivity contribution in [2.45, 2.75) is 25.6 Å². The molecule has 1 heterocycles. The molecule has 0 fully saturated rings. The second kappa shape index (κ2) is 6.88. The molecule has 0 saturated heterocycles. The third kappa shape index (κ3) is 4.42. The first-order valence-corrected chi connectivity index (χ1v) is 6.03. The Morgan fingerprint density at radius 1 is 1.43 bits per heavy atom. The quantitative estimate of drug-likeness (QED) is 0.467. The minimum Gasteiger partial charge on any atom is -0.462 e. The molecule has 118 valence electrons. The highest BCUT2D eigenvalue weighted by Crippen LogP contribution is 2.36. The number of hydrogen-bond donors (Lipinski definition) is 0. The molecule has 0 aliphatic carbocycles. The molecule has 0 N–H and O–H groups in total. The first-order valence-electron chi connectivity index (χ1n) is 5.50. The molecular formula is C11H9ClF5NO3. The summed E-state index contributed by atoms with van der Waals surface area (Å²) < 4.78 is 70.5. The third-order valence-electron chi connectivity index (χ3n) is 2.25. The lowest BCUT2D eigenvalue weighted by molar-refractivity contribution is -0.276. The maximum atomic E-state index is 13.0. The molecule has 0 bridgehead atoms. The molecule has 21 heavy (non-hydrogen) atoms. The molecule has 0 saturated carbocycles. The number of pyridine rings is 1. The summed E-state index contributed by atoms with van der Waals surface area (Å²) in [5, 5.41) is 0. The number of alkyl halides is 6. The SMILES string of the molecule is CCOC(=O)c1cnc(OC(F)(F)F)c(C(F)F)c1CCl. The fourth-order valence-electron chi connectivity index (χ4n) is 1.49. The van der Waals surface area contributed by atoms with Crippen molar-refractivity contribution in [3.05, 3.63) is 22.9 Å². The van der Waals surface area contributed by atoms with Crippen LogP contribution in [0, 0.1) is 0 Å². The highest BCUT2D eigenvalue weighted by atomic mass is 35.5. The molecule has 0 aromatic carbocycles. The number of carbonyl (C=O) groups excluding carboxylic acids is 1. The van der Waals surface area contributed by atoms with E-state index >= 15 is 0 Å². The molecule has 0 atom stereocenters. The van der Waals surface area contributed by atoms with Crippen LogP contribution in [-0.2, 0) is 10.6 Å². The van der Waals surface area contributed by atoms with E-state index in [1.165, 1.54) is 6.92 Å². The Labute approximate surface area is 120 Å². The van der Waals surface area contributed by atoms with Gasteiger partial charge >= 0.3 is 12.3 Å². The topological polar surface area (TPSA) is 48.4 Å². The van der Waals surface area contributed by atoms with Crippen molar-refractivity contribution in [2.75, 3.05) is 6.61 Å². The highest BCUT2D eigenvalue weighted by Gasteiger charge is 2.36. The Kier molecular flexibility index (Phi) is 5.70. The van der Waals surface area contributed by atoms with E-state index in [0.29, 0.717) is 6.20 Å². The zero-order valence-electron chi connectivity index (χ0n) is 10.5. The van der Waals surface area contributed by atoms with Gasteiger partial charge in [0.2, 0.25) is 5.88 Å². The Bertz CT molecular complexity index is 521. The molecule has 0 amide bonds. The Balaban J connectivity index is 3.41. The van der Waals surface area contributed by atoms with Gasteiger partial charge in [-0.05, 0) is 12.5 Å². The van der Waals surface area contributed by atoms with Crippen molar-refractivity contribution < 1.29 is 36.2 Å². The van der Waals surface area contributed by atoms with E-state index in [-0.39, 0.29) is 6.61 Å². The summed E-state index contributed by atoms with van der Waals surface area (Å²) >= 11 is 5.46. The standard InChI is InChI=1S/C11H9ClF5NO3/c1-2-20-10(19)6-4-18-9(21-11(15,16)17)7(8(13)14)5(6)3-12/h4,8H,2-3H2,1H3. The summed E-state index contributed by atoms with van der Waals surface area (Å²) in [5.41, 5.74) is -2.14. The summed E-state index contributed by atoms with van der Waals surface area (Å²) in [6, 6.07) is 0. The van der Waals surface area contributed by atoms with E-state index in [4.69, 9.17) is 11.6 Å². The Hall–Kier alpha value is -1.64. The monoisotopic (exact) mass is 333 g/mol. The van der Waals surface area contributed by atoms with Crippen molar-refractivity contribution in [3.8, 4) is 5.88 Å². The summed E-state index contributed by atoms with van der Waals surface area (Å²) in [4.78, 5) is 14.7. The average Bonchev–Trinajstić information content (AvgIpc) is 2.35. The van der Waals surface area contributed by atoms with Crippen LogP contribution in [0.3, 0.4) is 0 Å². The van der Waals surface area contributed by atoms with Gasteiger partial charge in [-0.2, -0.15) is 0 Å². The molecule has 1 aromatic rings. The van der Waals surface area contributed by atoms with Crippen LogP contribution >= 0.6 is 11.6 Å². The van der Waals surface area contributed by atoms with Crippen LogP contribution in [0.5, 0.6) is 5.88 Å². The summed E-state index contributed by atoms with van der Waals surface area (Å²) in [5.74, 6) is -2.99. The second-order valence-electron chi connectivity index (χ2n) is 3.57. The molecule has 0 unspecified atom stereocenters. The minimum atomic E-state index is -5.20. The number of rotatable bonds is 5. The van der Waals surface area contributed by atoms with Gasteiger partial charge in [-0.1, -0.05) is 0 Å². The number of nitrogens with zero attached hydrogens (tertiary/aromatic N) is 1. The van der Waals surface area contributed by atoms with Crippen molar-refractivity contribution >= 4 is 17.6 Å². The fraction of sp³-hybridized carbons (Fsp3) is 0.455. The zero-order chi connectivity index (χ0) is 16.2. The first-order chi connectivity index (χ1) is 9.71. The van der Waals surface area contributed by atoms with Crippen LogP contribution in [-0.4, -0.2) is 23.9 Å². The normalized spacial score (nSPS) is 11.6. The first kappa shape index (κ1) is 17.4. The summed E-state index contributed by atoms with van der Waals surface area (Å²) in [6.45, 7) is 1.42. The van der Waals surface area contributed by atoms with E-state index in [9.17, 15) is 26.7 Å². The molecule has 1 rings (SSSR count). The van der Waals surface area contributed by atoms with Gasteiger partial charge in [0.25, 0.3) is 6.43 Å². The second-order valence-corrected chi connectivity index (χ2v) is 3.84. The van der Waals surface area contributed by atoms with Gasteiger partial charge in [0.15, 0.2) is 0 Å². The van der Waals surface area contributed by atoms with E-state index in [1.807, 2.05) is 0 Å². The lowest BCUT2D eigenvalue weighted by Crippen LogP contribution is -2.21. The molecule has 4 nitrogen and oxygen atoms in total. The highest BCUT2D eigenvalue weighted by molar-refractivity contribution is 6.17. The van der Waals surface area contributed by atoms with Gasteiger partial charge in [0, 0.05) is 12.1 Å². The maximum absolute atomic E-state index is 13.0. The van der Waals surface area contributed by atoms with Crippen molar-refractivity contribution in [1.82, 2.24) is 4.98 Å². The van der Waals surface area contributed by atoms with Crippen molar-refractivity contribution in [2.24, 2.45) is 0 Å². The van der Waals surface area contributed by atoms with Crippen LogP contribution in [0.1, 0.15) is 34.8 Å². The van der Waals surface area contributed by atoms with E-state index in [1.54, 1.807) is 0 Å². The van der Waals surface area contributed by atoms with Crippen molar-refractivity contribution in [1.29, 1.82) is 0 Å². The van der Waals surface area contributed by atoms with E-state index in [0.717, 1.165) is 0 Å².